The van der Waals surface area contributed by atoms with Gasteiger partial charge in [-0.05, 0) is 18.9 Å². The predicted octanol–water partition coefficient (Wildman–Crippen LogP) is 1.28. The van der Waals surface area contributed by atoms with Crippen LogP contribution in [0.4, 0.5) is 0 Å². The molecule has 1 heterocycles. The highest BCUT2D eigenvalue weighted by atomic mass is 32.2. The van der Waals surface area contributed by atoms with E-state index >= 15 is 0 Å². The lowest BCUT2D eigenvalue weighted by atomic mass is 9.98. The first kappa shape index (κ1) is 15.0. The lowest BCUT2D eigenvalue weighted by Crippen LogP contribution is -2.52. The summed E-state index contributed by atoms with van der Waals surface area (Å²) in [5.41, 5.74) is -1.22. The van der Waals surface area contributed by atoms with E-state index in [2.05, 4.69) is 5.32 Å². The molecule has 1 aliphatic carbocycles. The molecule has 2 rings (SSSR count). The number of aliphatic carboxylic acids is 1. The summed E-state index contributed by atoms with van der Waals surface area (Å²) in [6.45, 7) is 0. The summed E-state index contributed by atoms with van der Waals surface area (Å²) < 4.78 is 22.7. The minimum Gasteiger partial charge on any atom is -0.480 e. The third kappa shape index (κ3) is 2.85. The number of carboxylic acids is 1. The molecule has 0 atom stereocenters. The normalized spacial score (nSPS) is 17.9. The van der Waals surface area contributed by atoms with Crippen LogP contribution in [0.1, 0.15) is 35.4 Å². The first-order valence-corrected chi connectivity index (χ1v) is 8.86. The van der Waals surface area contributed by atoms with Gasteiger partial charge < -0.3 is 10.4 Å². The Labute approximate surface area is 120 Å². The Kier molecular flexibility index (Phi) is 3.88. The average Bonchev–Trinajstić information content (AvgIpc) is 2.96. The molecule has 1 aliphatic rings. The fraction of sp³-hybridized carbons (Fsp3) is 0.500. The molecule has 1 amide bonds. The molecule has 8 heteroatoms. The number of hydrogen-bond acceptors (Lipinski definition) is 5. The molecule has 0 bridgehead atoms. The van der Waals surface area contributed by atoms with Crippen LogP contribution in [-0.2, 0) is 14.6 Å². The highest BCUT2D eigenvalue weighted by Crippen LogP contribution is 2.31. The van der Waals surface area contributed by atoms with Gasteiger partial charge >= 0.3 is 5.97 Å². The van der Waals surface area contributed by atoms with Gasteiger partial charge in [-0.15, -0.1) is 11.3 Å². The Balaban J connectivity index is 2.20. The first-order valence-electron chi connectivity index (χ1n) is 6.09. The monoisotopic (exact) mass is 317 g/mol. The Morgan fingerprint density at radius 2 is 1.95 bits per heavy atom. The highest BCUT2D eigenvalue weighted by Gasteiger charge is 2.42. The second kappa shape index (κ2) is 5.17. The van der Waals surface area contributed by atoms with Gasteiger partial charge in [0.25, 0.3) is 5.91 Å². The van der Waals surface area contributed by atoms with Gasteiger partial charge in [0.2, 0.25) is 0 Å². The number of nitrogens with one attached hydrogen (secondary N) is 1. The van der Waals surface area contributed by atoms with Gasteiger partial charge in [-0.1, -0.05) is 12.8 Å². The van der Waals surface area contributed by atoms with Crippen molar-refractivity contribution in [3.63, 3.8) is 0 Å². The number of rotatable bonds is 4. The summed E-state index contributed by atoms with van der Waals surface area (Å²) in [5, 5.41) is 13.2. The molecule has 0 aliphatic heterocycles. The van der Waals surface area contributed by atoms with Gasteiger partial charge in [-0.3, -0.25) is 4.79 Å². The maximum absolute atomic E-state index is 12.1. The van der Waals surface area contributed by atoms with Crippen molar-refractivity contribution >= 4 is 33.1 Å². The third-order valence-electron chi connectivity index (χ3n) is 3.45. The number of amides is 1. The molecule has 0 saturated heterocycles. The lowest BCUT2D eigenvalue weighted by Gasteiger charge is -2.24. The van der Waals surface area contributed by atoms with Crippen molar-refractivity contribution < 1.29 is 23.1 Å². The molecular formula is C12H15NO5S2. The molecule has 1 aromatic rings. The van der Waals surface area contributed by atoms with Gasteiger partial charge in [-0.2, -0.15) is 0 Å². The zero-order chi connectivity index (χ0) is 15.0. The first-order chi connectivity index (χ1) is 9.24. The number of sulfone groups is 1. The summed E-state index contributed by atoms with van der Waals surface area (Å²) in [7, 11) is -3.36. The van der Waals surface area contributed by atoms with Crippen molar-refractivity contribution in [2.45, 2.75) is 36.1 Å². The highest BCUT2D eigenvalue weighted by molar-refractivity contribution is 7.90. The zero-order valence-electron chi connectivity index (χ0n) is 10.9. The summed E-state index contributed by atoms with van der Waals surface area (Å²) >= 11 is 0.994. The molecule has 2 N–H and O–H groups in total. The van der Waals surface area contributed by atoms with Crippen LogP contribution < -0.4 is 5.32 Å². The van der Waals surface area contributed by atoms with E-state index in [9.17, 15) is 23.1 Å². The van der Waals surface area contributed by atoms with Crippen LogP contribution in [0.25, 0.3) is 0 Å². The molecule has 0 radical (unpaired) electrons. The minimum atomic E-state index is -3.36. The van der Waals surface area contributed by atoms with E-state index in [0.717, 1.165) is 30.4 Å². The Bertz CT molecular complexity index is 641. The maximum Gasteiger partial charge on any atom is 0.329 e. The maximum atomic E-state index is 12.1. The standard InChI is InChI=1S/C12H15NO5S2/c1-20(17,18)8-6-9(19-7-8)10(14)13-12(11(15)16)4-2-3-5-12/h6-7H,2-5H2,1H3,(H,13,14)(H,15,16). The average molecular weight is 317 g/mol. The van der Waals surface area contributed by atoms with E-state index in [1.165, 1.54) is 11.4 Å². The fourth-order valence-electron chi connectivity index (χ4n) is 2.28. The molecule has 0 aromatic carbocycles. The van der Waals surface area contributed by atoms with Crippen molar-refractivity contribution in [3.05, 3.63) is 16.3 Å². The third-order valence-corrected chi connectivity index (χ3v) is 5.62. The van der Waals surface area contributed by atoms with E-state index < -0.39 is 27.3 Å². The molecular weight excluding hydrogens is 302 g/mol. The van der Waals surface area contributed by atoms with Crippen molar-refractivity contribution in [3.8, 4) is 0 Å². The fourth-order valence-corrected chi connectivity index (χ4v) is 4.20. The molecule has 1 aromatic heterocycles. The van der Waals surface area contributed by atoms with Crippen molar-refractivity contribution in [1.82, 2.24) is 5.32 Å². The zero-order valence-corrected chi connectivity index (χ0v) is 12.5. The van der Waals surface area contributed by atoms with E-state index in [4.69, 9.17) is 0 Å². The van der Waals surface area contributed by atoms with Crippen LogP contribution in [0, 0.1) is 0 Å². The van der Waals surface area contributed by atoms with Crippen molar-refractivity contribution in [2.24, 2.45) is 0 Å². The Morgan fingerprint density at radius 1 is 1.35 bits per heavy atom. The van der Waals surface area contributed by atoms with Gasteiger partial charge in [0, 0.05) is 11.6 Å². The van der Waals surface area contributed by atoms with E-state index in [1.807, 2.05) is 0 Å². The number of carboxylic acid groups (broad SMARTS) is 1. The second-order valence-electron chi connectivity index (χ2n) is 4.97. The molecule has 1 fully saturated rings. The Morgan fingerprint density at radius 3 is 2.40 bits per heavy atom. The van der Waals surface area contributed by atoms with Gasteiger partial charge in [-0.25, -0.2) is 13.2 Å². The number of thiophene rings is 1. The van der Waals surface area contributed by atoms with Gasteiger partial charge in [0.05, 0.1) is 9.77 Å². The summed E-state index contributed by atoms with van der Waals surface area (Å²) in [6, 6.07) is 1.28. The smallest absolute Gasteiger partial charge is 0.329 e. The van der Waals surface area contributed by atoms with Crippen LogP contribution in [0.5, 0.6) is 0 Å². The topological polar surface area (TPSA) is 101 Å². The lowest BCUT2D eigenvalue weighted by molar-refractivity contribution is -0.144. The van der Waals surface area contributed by atoms with Gasteiger partial charge in [0.15, 0.2) is 9.84 Å². The van der Waals surface area contributed by atoms with Crippen LogP contribution >= 0.6 is 11.3 Å². The SMILES string of the molecule is CS(=O)(=O)c1csc(C(=O)NC2(C(=O)O)CCCC2)c1. The number of carbonyl (C=O) groups is 2. The van der Waals surface area contributed by atoms with E-state index in [1.54, 1.807) is 0 Å². The molecule has 20 heavy (non-hydrogen) atoms. The minimum absolute atomic E-state index is 0.0726. The second-order valence-corrected chi connectivity index (χ2v) is 7.89. The predicted molar refractivity (Wildman–Crippen MR) is 73.7 cm³/mol. The van der Waals surface area contributed by atoms with Crippen molar-refractivity contribution in [1.29, 1.82) is 0 Å². The number of hydrogen-bond donors (Lipinski definition) is 2. The molecule has 1 saturated carbocycles. The Hall–Kier alpha value is -1.41. The molecule has 0 spiro atoms. The van der Waals surface area contributed by atoms with Crippen LogP contribution in [0.2, 0.25) is 0 Å². The van der Waals surface area contributed by atoms with Crippen LogP contribution in [-0.4, -0.2) is 37.2 Å². The van der Waals surface area contributed by atoms with Crippen LogP contribution in [0.15, 0.2) is 16.3 Å². The molecule has 110 valence electrons. The van der Waals surface area contributed by atoms with E-state index in [0.29, 0.717) is 12.8 Å². The largest absolute Gasteiger partial charge is 0.480 e. The summed E-state index contributed by atoms with van der Waals surface area (Å²) in [6.07, 6.45) is 3.38. The molecule has 6 nitrogen and oxygen atoms in total. The molecule has 0 unspecified atom stereocenters. The van der Waals surface area contributed by atoms with Crippen LogP contribution in [0.3, 0.4) is 0 Å². The quantitative estimate of drug-likeness (QED) is 0.871. The number of carbonyl (C=O) groups excluding carboxylic acids is 1. The summed E-state index contributed by atoms with van der Waals surface area (Å²) in [5.74, 6) is -1.57. The van der Waals surface area contributed by atoms with E-state index in [-0.39, 0.29) is 9.77 Å². The summed E-state index contributed by atoms with van der Waals surface area (Å²) in [4.78, 5) is 23.7. The van der Waals surface area contributed by atoms with Crippen molar-refractivity contribution in [2.75, 3.05) is 6.26 Å². The van der Waals surface area contributed by atoms with Gasteiger partial charge in [0.1, 0.15) is 5.54 Å².